The summed E-state index contributed by atoms with van der Waals surface area (Å²) in [6.07, 6.45) is 0. The Kier molecular flexibility index (Phi) is 5.43. The molecule has 1 aromatic carbocycles. The molecular weight excluding hydrogens is 301 g/mol. The lowest BCUT2D eigenvalue weighted by atomic mass is 10.1. The highest BCUT2D eigenvalue weighted by atomic mass is 32.2. The number of benzene rings is 1. The van der Waals surface area contributed by atoms with E-state index in [0.717, 1.165) is 12.1 Å². The third-order valence-electron chi connectivity index (χ3n) is 3.14. The fourth-order valence-electron chi connectivity index (χ4n) is 1.70. The van der Waals surface area contributed by atoms with Gasteiger partial charge < -0.3 is 10.2 Å². The minimum Gasteiger partial charge on any atom is -0.478 e. The van der Waals surface area contributed by atoms with Gasteiger partial charge in [-0.25, -0.2) is 22.3 Å². The van der Waals surface area contributed by atoms with Gasteiger partial charge in [-0.15, -0.1) is 0 Å². The summed E-state index contributed by atoms with van der Waals surface area (Å²) in [4.78, 5) is 10.5. The molecule has 0 aromatic heterocycles. The predicted octanol–water partition coefficient (Wildman–Crippen LogP) is 1.13. The summed E-state index contributed by atoms with van der Waals surface area (Å²) in [6.45, 7) is 4.25. The second-order valence-electron chi connectivity index (χ2n) is 5.04. The minimum absolute atomic E-state index is 0.173. The molecule has 0 spiro atoms. The van der Waals surface area contributed by atoms with Gasteiger partial charge in [-0.05, 0) is 25.0 Å². The molecule has 1 unspecified atom stereocenters. The number of carboxylic acid groups (broad SMARTS) is 1. The van der Waals surface area contributed by atoms with E-state index in [0.29, 0.717) is 0 Å². The molecule has 0 aliphatic carbocycles. The van der Waals surface area contributed by atoms with E-state index in [1.807, 2.05) is 0 Å². The first-order valence-electron chi connectivity index (χ1n) is 6.26. The number of carbonyl (C=O) groups is 1. The molecule has 0 aliphatic heterocycles. The van der Waals surface area contributed by atoms with E-state index >= 15 is 0 Å². The maximum atomic E-state index is 13.7. The van der Waals surface area contributed by atoms with E-state index < -0.39 is 44.9 Å². The van der Waals surface area contributed by atoms with Crippen molar-refractivity contribution in [3.63, 3.8) is 0 Å². The highest BCUT2D eigenvalue weighted by molar-refractivity contribution is 7.89. The lowest BCUT2D eigenvalue weighted by molar-refractivity contribution is 0.0696. The molecule has 0 radical (unpaired) electrons. The van der Waals surface area contributed by atoms with Crippen LogP contribution in [0.1, 0.15) is 29.8 Å². The quantitative estimate of drug-likeness (QED) is 0.729. The molecule has 0 aliphatic rings. The molecule has 0 saturated carbocycles. The van der Waals surface area contributed by atoms with Gasteiger partial charge in [0.1, 0.15) is 5.82 Å². The number of sulfonamides is 1. The standard InChI is InChI=1S/C13H18FNO5S/c1-7(2)11(6-16)15-21(19,20)12-5-9(13(17)18)4-10(14)8(12)3/h4-5,7,11,15-16H,6H2,1-3H3,(H,17,18). The van der Waals surface area contributed by atoms with Crippen LogP contribution in [0.15, 0.2) is 17.0 Å². The number of halogens is 1. The Balaban J connectivity index is 3.34. The first-order valence-corrected chi connectivity index (χ1v) is 7.75. The van der Waals surface area contributed by atoms with E-state index in [2.05, 4.69) is 4.72 Å². The molecule has 0 saturated heterocycles. The Morgan fingerprint density at radius 2 is 1.95 bits per heavy atom. The minimum atomic E-state index is -4.14. The van der Waals surface area contributed by atoms with Crippen LogP contribution in [0.3, 0.4) is 0 Å². The van der Waals surface area contributed by atoms with Crippen molar-refractivity contribution in [3.05, 3.63) is 29.1 Å². The number of hydrogen-bond donors (Lipinski definition) is 3. The summed E-state index contributed by atoms with van der Waals surface area (Å²) in [5, 5.41) is 18.1. The van der Waals surface area contributed by atoms with Crippen LogP contribution in [0.4, 0.5) is 4.39 Å². The zero-order valence-corrected chi connectivity index (χ0v) is 12.7. The van der Waals surface area contributed by atoms with Crippen molar-refractivity contribution in [3.8, 4) is 0 Å². The van der Waals surface area contributed by atoms with Crippen molar-refractivity contribution in [1.82, 2.24) is 4.72 Å². The van der Waals surface area contributed by atoms with Crippen molar-refractivity contribution in [2.45, 2.75) is 31.7 Å². The van der Waals surface area contributed by atoms with Crippen LogP contribution < -0.4 is 4.72 Å². The number of rotatable bonds is 6. The van der Waals surface area contributed by atoms with Gasteiger partial charge in [-0.2, -0.15) is 0 Å². The second kappa shape index (κ2) is 6.50. The normalized spacial score (nSPS) is 13.4. The smallest absolute Gasteiger partial charge is 0.335 e. The summed E-state index contributed by atoms with van der Waals surface area (Å²) in [5.41, 5.74) is -0.628. The fourth-order valence-corrected chi connectivity index (χ4v) is 3.36. The van der Waals surface area contributed by atoms with Gasteiger partial charge in [0, 0.05) is 11.6 Å². The van der Waals surface area contributed by atoms with E-state index in [4.69, 9.17) is 5.11 Å². The number of aliphatic hydroxyl groups is 1. The molecule has 0 bridgehead atoms. The Labute approximate surface area is 122 Å². The van der Waals surface area contributed by atoms with E-state index in [1.165, 1.54) is 6.92 Å². The van der Waals surface area contributed by atoms with Gasteiger partial charge in [0.2, 0.25) is 10.0 Å². The van der Waals surface area contributed by atoms with Gasteiger partial charge in [-0.3, -0.25) is 0 Å². The number of nitrogens with one attached hydrogen (secondary N) is 1. The van der Waals surface area contributed by atoms with Crippen molar-refractivity contribution in [1.29, 1.82) is 0 Å². The Hall–Kier alpha value is -1.51. The molecular formula is C13H18FNO5S. The van der Waals surface area contributed by atoms with E-state index in [-0.39, 0.29) is 11.5 Å². The third-order valence-corrected chi connectivity index (χ3v) is 4.76. The number of aliphatic hydroxyl groups excluding tert-OH is 1. The average molecular weight is 319 g/mol. The second-order valence-corrected chi connectivity index (χ2v) is 6.72. The molecule has 118 valence electrons. The summed E-state index contributed by atoms with van der Waals surface area (Å²) in [5.74, 6) is -2.52. The number of carboxylic acids is 1. The lowest BCUT2D eigenvalue weighted by Crippen LogP contribution is -2.41. The van der Waals surface area contributed by atoms with E-state index in [1.54, 1.807) is 13.8 Å². The van der Waals surface area contributed by atoms with Crippen molar-refractivity contribution in [2.24, 2.45) is 5.92 Å². The van der Waals surface area contributed by atoms with Gasteiger partial charge >= 0.3 is 5.97 Å². The Morgan fingerprint density at radius 3 is 2.38 bits per heavy atom. The SMILES string of the molecule is Cc1c(F)cc(C(=O)O)cc1S(=O)(=O)NC(CO)C(C)C. The molecule has 0 amide bonds. The number of hydrogen-bond acceptors (Lipinski definition) is 4. The first-order chi connectivity index (χ1) is 9.60. The topological polar surface area (TPSA) is 104 Å². The van der Waals surface area contributed by atoms with Gasteiger partial charge in [0.25, 0.3) is 0 Å². The molecule has 1 atom stereocenters. The van der Waals surface area contributed by atoms with Crippen LogP contribution in [-0.4, -0.2) is 37.2 Å². The van der Waals surface area contributed by atoms with E-state index in [9.17, 15) is 22.7 Å². The summed E-state index contributed by atoms with van der Waals surface area (Å²) in [7, 11) is -4.14. The zero-order chi connectivity index (χ0) is 16.4. The van der Waals surface area contributed by atoms with Crippen LogP contribution in [0.5, 0.6) is 0 Å². The maximum Gasteiger partial charge on any atom is 0.335 e. The molecule has 21 heavy (non-hydrogen) atoms. The van der Waals surface area contributed by atoms with Crippen molar-refractivity contribution < 1.29 is 27.8 Å². The van der Waals surface area contributed by atoms with Crippen molar-refractivity contribution in [2.75, 3.05) is 6.61 Å². The van der Waals surface area contributed by atoms with Crippen LogP contribution in [0.25, 0.3) is 0 Å². The summed E-state index contributed by atoms with van der Waals surface area (Å²) >= 11 is 0. The van der Waals surface area contributed by atoms with Gasteiger partial charge in [0.15, 0.2) is 0 Å². The fraction of sp³-hybridized carbons (Fsp3) is 0.462. The average Bonchev–Trinajstić information content (AvgIpc) is 2.38. The number of aromatic carboxylic acids is 1. The molecule has 3 N–H and O–H groups in total. The lowest BCUT2D eigenvalue weighted by Gasteiger charge is -2.20. The van der Waals surface area contributed by atoms with Crippen LogP contribution >= 0.6 is 0 Å². The highest BCUT2D eigenvalue weighted by Crippen LogP contribution is 2.21. The van der Waals surface area contributed by atoms with Crippen LogP contribution in [-0.2, 0) is 10.0 Å². The van der Waals surface area contributed by atoms with Gasteiger partial charge in [-0.1, -0.05) is 13.8 Å². The monoisotopic (exact) mass is 319 g/mol. The van der Waals surface area contributed by atoms with Crippen molar-refractivity contribution >= 4 is 16.0 Å². The highest BCUT2D eigenvalue weighted by Gasteiger charge is 2.26. The summed E-state index contributed by atoms with van der Waals surface area (Å²) in [6, 6.07) is 0.923. The first kappa shape index (κ1) is 17.5. The largest absolute Gasteiger partial charge is 0.478 e. The zero-order valence-electron chi connectivity index (χ0n) is 11.9. The molecule has 1 aromatic rings. The molecule has 6 nitrogen and oxygen atoms in total. The van der Waals surface area contributed by atoms with Gasteiger partial charge in [0.05, 0.1) is 17.1 Å². The summed E-state index contributed by atoms with van der Waals surface area (Å²) < 4.78 is 40.5. The maximum absolute atomic E-state index is 13.7. The third kappa shape index (κ3) is 3.99. The molecule has 0 heterocycles. The van der Waals surface area contributed by atoms with Crippen LogP contribution in [0.2, 0.25) is 0 Å². The molecule has 8 heteroatoms. The van der Waals surface area contributed by atoms with Crippen LogP contribution in [0, 0.1) is 18.7 Å². The molecule has 1 rings (SSSR count). The Bertz CT molecular complexity index is 642. The Morgan fingerprint density at radius 1 is 1.38 bits per heavy atom. The molecule has 0 fully saturated rings. The predicted molar refractivity (Wildman–Crippen MR) is 74.1 cm³/mol.